The van der Waals surface area contributed by atoms with Crippen molar-refractivity contribution >= 4 is 39.1 Å². The van der Waals surface area contributed by atoms with Gasteiger partial charge in [-0.25, -0.2) is 4.98 Å². The number of rotatable bonds is 3. The lowest BCUT2D eigenvalue weighted by Crippen LogP contribution is -1.94. The first-order valence-corrected chi connectivity index (χ1v) is 6.05. The number of aromatic nitrogens is 2. The van der Waals surface area contributed by atoms with Crippen LogP contribution in [0, 0.1) is 0 Å². The molecular weight excluding hydrogens is 300 g/mol. The van der Waals surface area contributed by atoms with Crippen molar-refractivity contribution in [3.63, 3.8) is 0 Å². The predicted octanol–water partition coefficient (Wildman–Crippen LogP) is 3.53. The lowest BCUT2D eigenvalue weighted by atomic mass is 10.3. The van der Waals surface area contributed by atoms with Gasteiger partial charge in [0, 0.05) is 5.02 Å². The molecule has 1 aromatic heterocycles. The molecule has 0 aliphatic carbocycles. The molecule has 0 fully saturated rings. The molecule has 0 amide bonds. The molecule has 1 heterocycles. The van der Waals surface area contributed by atoms with Crippen molar-refractivity contribution in [1.82, 2.24) is 9.36 Å². The highest BCUT2D eigenvalue weighted by Crippen LogP contribution is 2.17. The number of nitrogens with zero attached hydrogens (tertiary/aromatic N) is 2. The maximum Gasteiger partial charge on any atom is 0.209 e. The summed E-state index contributed by atoms with van der Waals surface area (Å²) in [6.45, 7) is 0.422. The summed E-state index contributed by atoms with van der Waals surface area (Å²) in [4.78, 5) is 4.12. The highest BCUT2D eigenvalue weighted by atomic mass is 79.9. The van der Waals surface area contributed by atoms with Gasteiger partial charge in [-0.2, -0.15) is 4.37 Å². The molecule has 2 rings (SSSR count). The van der Waals surface area contributed by atoms with Gasteiger partial charge in [0.05, 0.1) is 0 Å². The summed E-state index contributed by atoms with van der Waals surface area (Å²) in [5.74, 6) is 0.769. The summed E-state index contributed by atoms with van der Waals surface area (Å²) < 4.78 is 10.1. The number of ether oxygens (including phenoxy) is 1. The van der Waals surface area contributed by atoms with E-state index in [-0.39, 0.29) is 0 Å². The van der Waals surface area contributed by atoms with Crippen LogP contribution in [0.25, 0.3) is 0 Å². The van der Waals surface area contributed by atoms with Crippen molar-refractivity contribution in [3.05, 3.63) is 39.0 Å². The van der Waals surface area contributed by atoms with Crippen molar-refractivity contribution in [2.45, 2.75) is 6.61 Å². The second kappa shape index (κ2) is 4.92. The zero-order valence-electron chi connectivity index (χ0n) is 7.48. The third-order valence-corrected chi connectivity index (χ3v) is 3.14. The van der Waals surface area contributed by atoms with E-state index >= 15 is 0 Å². The number of halogens is 2. The Hall–Kier alpha value is -0.650. The van der Waals surface area contributed by atoms with Crippen LogP contribution in [-0.4, -0.2) is 9.36 Å². The van der Waals surface area contributed by atoms with Gasteiger partial charge in [0.1, 0.15) is 12.4 Å². The van der Waals surface area contributed by atoms with E-state index in [4.69, 9.17) is 16.3 Å². The first kappa shape index (κ1) is 10.9. The number of hydrogen-bond donors (Lipinski definition) is 0. The maximum absolute atomic E-state index is 5.75. The van der Waals surface area contributed by atoms with Gasteiger partial charge >= 0.3 is 0 Å². The zero-order chi connectivity index (χ0) is 10.7. The summed E-state index contributed by atoms with van der Waals surface area (Å²) in [5, 5.41) is 1.53. The van der Waals surface area contributed by atoms with Crippen molar-refractivity contribution in [2.24, 2.45) is 0 Å². The molecule has 0 aliphatic heterocycles. The smallest absolute Gasteiger partial charge is 0.209 e. The molecule has 0 saturated heterocycles. The second-order valence-electron chi connectivity index (χ2n) is 2.70. The van der Waals surface area contributed by atoms with E-state index in [9.17, 15) is 0 Å². The average molecular weight is 306 g/mol. The molecule has 6 heteroatoms. The molecule has 0 unspecified atom stereocenters. The van der Waals surface area contributed by atoms with Crippen LogP contribution in [0.3, 0.4) is 0 Å². The molecule has 1 aromatic carbocycles. The van der Waals surface area contributed by atoms with Crippen LogP contribution in [0.4, 0.5) is 0 Å². The van der Waals surface area contributed by atoms with Gasteiger partial charge in [-0.3, -0.25) is 0 Å². The SMILES string of the molecule is Clc1ccc(OCc2nc(Br)ns2)cc1. The quantitative estimate of drug-likeness (QED) is 0.870. The van der Waals surface area contributed by atoms with Gasteiger partial charge in [-0.05, 0) is 51.7 Å². The molecule has 78 valence electrons. The second-order valence-corrected chi connectivity index (χ2v) is 4.68. The van der Waals surface area contributed by atoms with Gasteiger partial charge in [0.15, 0.2) is 5.01 Å². The van der Waals surface area contributed by atoms with E-state index in [1.54, 1.807) is 12.1 Å². The standard InChI is InChI=1S/C9H6BrClN2OS/c10-9-12-8(15-13-9)5-14-7-3-1-6(11)2-4-7/h1-4H,5H2. The monoisotopic (exact) mass is 304 g/mol. The van der Waals surface area contributed by atoms with E-state index in [0.717, 1.165) is 10.8 Å². The van der Waals surface area contributed by atoms with E-state index in [2.05, 4.69) is 25.3 Å². The molecule has 0 aliphatic rings. The Bertz CT molecular complexity index is 446. The van der Waals surface area contributed by atoms with Crippen LogP contribution < -0.4 is 4.74 Å². The average Bonchev–Trinajstić information content (AvgIpc) is 2.64. The van der Waals surface area contributed by atoms with Crippen LogP contribution in [-0.2, 0) is 6.61 Å². The van der Waals surface area contributed by atoms with E-state index in [1.807, 2.05) is 12.1 Å². The predicted molar refractivity (Wildman–Crippen MR) is 63.4 cm³/mol. The van der Waals surface area contributed by atoms with Gasteiger partial charge in [0.2, 0.25) is 4.73 Å². The zero-order valence-corrected chi connectivity index (χ0v) is 10.6. The molecule has 0 saturated carbocycles. The molecule has 15 heavy (non-hydrogen) atoms. The van der Waals surface area contributed by atoms with E-state index in [0.29, 0.717) is 16.4 Å². The van der Waals surface area contributed by atoms with Crippen molar-refractivity contribution in [1.29, 1.82) is 0 Å². The van der Waals surface area contributed by atoms with Crippen LogP contribution in [0.5, 0.6) is 5.75 Å². The Morgan fingerprint density at radius 2 is 2.07 bits per heavy atom. The minimum absolute atomic E-state index is 0.422. The Balaban J connectivity index is 1.96. The van der Waals surface area contributed by atoms with Crippen molar-refractivity contribution < 1.29 is 4.74 Å². The van der Waals surface area contributed by atoms with Crippen LogP contribution in [0.1, 0.15) is 5.01 Å². The summed E-state index contributed by atoms with van der Waals surface area (Å²) in [5.41, 5.74) is 0. The largest absolute Gasteiger partial charge is 0.486 e. The van der Waals surface area contributed by atoms with E-state index < -0.39 is 0 Å². The number of hydrogen-bond acceptors (Lipinski definition) is 4. The van der Waals surface area contributed by atoms with Gasteiger partial charge < -0.3 is 4.74 Å². The third-order valence-electron chi connectivity index (χ3n) is 1.62. The number of benzene rings is 1. The Morgan fingerprint density at radius 1 is 1.33 bits per heavy atom. The topological polar surface area (TPSA) is 35.0 Å². The molecule has 0 N–H and O–H groups in total. The molecule has 0 spiro atoms. The fourth-order valence-corrected chi connectivity index (χ4v) is 2.10. The third kappa shape index (κ3) is 3.15. The van der Waals surface area contributed by atoms with Crippen molar-refractivity contribution in [2.75, 3.05) is 0 Å². The summed E-state index contributed by atoms with van der Waals surface area (Å²) in [6.07, 6.45) is 0. The molecule has 0 atom stereocenters. The fraction of sp³-hybridized carbons (Fsp3) is 0.111. The Kier molecular flexibility index (Phi) is 3.56. The van der Waals surface area contributed by atoms with Gasteiger partial charge in [-0.15, -0.1) is 0 Å². The first-order chi connectivity index (χ1) is 7.24. The van der Waals surface area contributed by atoms with Crippen LogP contribution >= 0.6 is 39.1 Å². The molecule has 0 bridgehead atoms. The molecule has 0 radical (unpaired) electrons. The van der Waals surface area contributed by atoms with Gasteiger partial charge in [0.25, 0.3) is 0 Å². The molecular formula is C9H6BrClN2OS. The van der Waals surface area contributed by atoms with Crippen molar-refractivity contribution in [3.8, 4) is 5.75 Å². The van der Waals surface area contributed by atoms with E-state index in [1.165, 1.54) is 11.5 Å². The fourth-order valence-electron chi connectivity index (χ4n) is 0.969. The molecule has 3 nitrogen and oxygen atoms in total. The summed E-state index contributed by atoms with van der Waals surface area (Å²) >= 11 is 10.2. The minimum atomic E-state index is 0.422. The normalized spacial score (nSPS) is 10.3. The first-order valence-electron chi connectivity index (χ1n) is 4.10. The lowest BCUT2D eigenvalue weighted by molar-refractivity contribution is 0.305. The lowest BCUT2D eigenvalue weighted by Gasteiger charge is -2.02. The van der Waals surface area contributed by atoms with Crippen LogP contribution in [0.2, 0.25) is 5.02 Å². The Labute approximate surface area is 104 Å². The minimum Gasteiger partial charge on any atom is -0.486 e. The highest BCUT2D eigenvalue weighted by molar-refractivity contribution is 9.10. The highest BCUT2D eigenvalue weighted by Gasteiger charge is 2.01. The van der Waals surface area contributed by atoms with Gasteiger partial charge in [-0.1, -0.05) is 11.6 Å². The summed E-state index contributed by atoms with van der Waals surface area (Å²) in [7, 11) is 0. The maximum atomic E-state index is 5.75. The summed E-state index contributed by atoms with van der Waals surface area (Å²) in [6, 6.07) is 7.20. The Morgan fingerprint density at radius 3 is 2.67 bits per heavy atom. The van der Waals surface area contributed by atoms with Crippen LogP contribution in [0.15, 0.2) is 29.0 Å². The molecule has 2 aromatic rings.